The normalized spacial score (nSPS) is 11.1. The van der Waals surface area contributed by atoms with Gasteiger partial charge in [-0.15, -0.1) is 10.2 Å². The molecule has 5 heteroatoms. The molecule has 2 N–H and O–H groups in total. The van der Waals surface area contributed by atoms with Crippen molar-refractivity contribution in [2.75, 3.05) is 10.6 Å². The summed E-state index contributed by atoms with van der Waals surface area (Å²) < 4.78 is 0. The smallest absolute Gasteiger partial charge is 0.230 e. The number of amides is 1. The Balaban J connectivity index is 1.93. The molecule has 0 saturated heterocycles. The molecule has 1 heterocycles. The maximum absolute atomic E-state index is 11.9. The van der Waals surface area contributed by atoms with Gasteiger partial charge in [-0.3, -0.25) is 4.79 Å². The van der Waals surface area contributed by atoms with E-state index in [0.29, 0.717) is 18.2 Å². The third kappa shape index (κ3) is 4.55. The highest BCUT2D eigenvalue weighted by Crippen LogP contribution is 2.16. The fourth-order valence-electron chi connectivity index (χ4n) is 1.81. The molecule has 0 aliphatic heterocycles. The number of carbonyl (C=O) groups excluding carboxylic acids is 1. The second-order valence-electron chi connectivity index (χ2n) is 6.35. The van der Waals surface area contributed by atoms with Gasteiger partial charge in [-0.2, -0.15) is 0 Å². The summed E-state index contributed by atoms with van der Waals surface area (Å²) in [6.07, 6.45) is 0. The average Bonchev–Trinajstić information content (AvgIpc) is 2.45. The van der Waals surface area contributed by atoms with E-state index in [0.717, 1.165) is 0 Å². The molecule has 2 aromatic rings. The maximum atomic E-state index is 11.9. The molecule has 0 radical (unpaired) electrons. The van der Waals surface area contributed by atoms with Crippen LogP contribution in [-0.2, 0) is 11.3 Å². The van der Waals surface area contributed by atoms with Crippen LogP contribution in [0.1, 0.15) is 31.9 Å². The molecule has 116 valence electrons. The van der Waals surface area contributed by atoms with E-state index >= 15 is 0 Å². The van der Waals surface area contributed by atoms with E-state index in [9.17, 15) is 4.79 Å². The highest BCUT2D eigenvalue weighted by atomic mass is 16.2. The second-order valence-corrected chi connectivity index (χ2v) is 6.35. The third-order valence-corrected chi connectivity index (χ3v) is 3.14. The molecular formula is C17H22N4O. The first-order valence-corrected chi connectivity index (χ1v) is 7.29. The van der Waals surface area contributed by atoms with E-state index in [1.807, 2.05) is 26.8 Å². The highest BCUT2D eigenvalue weighted by molar-refractivity contribution is 5.93. The van der Waals surface area contributed by atoms with Gasteiger partial charge in [-0.1, -0.05) is 50.6 Å². The quantitative estimate of drug-likeness (QED) is 0.908. The number of benzene rings is 1. The number of nitrogens with zero attached hydrogens (tertiary/aromatic N) is 2. The van der Waals surface area contributed by atoms with Crippen molar-refractivity contribution >= 4 is 17.5 Å². The fourth-order valence-corrected chi connectivity index (χ4v) is 1.81. The van der Waals surface area contributed by atoms with Crippen LogP contribution in [0.3, 0.4) is 0 Å². The zero-order chi connectivity index (χ0) is 16.2. The monoisotopic (exact) mass is 298 g/mol. The molecule has 1 aromatic carbocycles. The van der Waals surface area contributed by atoms with E-state index in [2.05, 4.69) is 46.0 Å². The molecule has 0 fully saturated rings. The summed E-state index contributed by atoms with van der Waals surface area (Å²) in [4.78, 5) is 11.9. The van der Waals surface area contributed by atoms with Gasteiger partial charge in [0.2, 0.25) is 5.91 Å². The van der Waals surface area contributed by atoms with Crippen LogP contribution in [0.15, 0.2) is 36.4 Å². The molecule has 5 nitrogen and oxygen atoms in total. The number of hydrogen-bond acceptors (Lipinski definition) is 4. The predicted molar refractivity (Wildman–Crippen MR) is 88.6 cm³/mol. The van der Waals surface area contributed by atoms with Gasteiger partial charge in [0.25, 0.3) is 0 Å². The average molecular weight is 298 g/mol. The van der Waals surface area contributed by atoms with Crippen LogP contribution in [0, 0.1) is 12.3 Å². The van der Waals surface area contributed by atoms with Gasteiger partial charge in [0.15, 0.2) is 5.82 Å². The molecule has 0 bridgehead atoms. The molecule has 22 heavy (non-hydrogen) atoms. The summed E-state index contributed by atoms with van der Waals surface area (Å²) in [6.45, 7) is 8.31. The lowest BCUT2D eigenvalue weighted by molar-refractivity contribution is -0.123. The molecule has 0 atom stereocenters. The molecule has 0 unspecified atom stereocenters. The first kappa shape index (κ1) is 15.9. The van der Waals surface area contributed by atoms with E-state index in [-0.39, 0.29) is 5.91 Å². The van der Waals surface area contributed by atoms with Crippen molar-refractivity contribution in [3.05, 3.63) is 47.5 Å². The number of anilines is 2. The van der Waals surface area contributed by atoms with Crippen LogP contribution in [0.2, 0.25) is 0 Å². The Morgan fingerprint density at radius 1 is 1.09 bits per heavy atom. The van der Waals surface area contributed by atoms with Crippen LogP contribution in [0.5, 0.6) is 0 Å². The minimum absolute atomic E-state index is 0.0812. The molecule has 2 rings (SSSR count). The summed E-state index contributed by atoms with van der Waals surface area (Å²) in [7, 11) is 0. The number of aromatic nitrogens is 2. The lowest BCUT2D eigenvalue weighted by Gasteiger charge is -2.16. The third-order valence-electron chi connectivity index (χ3n) is 3.14. The minimum atomic E-state index is -0.455. The Bertz CT molecular complexity index is 644. The second kappa shape index (κ2) is 6.56. The topological polar surface area (TPSA) is 66.9 Å². The van der Waals surface area contributed by atoms with Gasteiger partial charge in [-0.05, 0) is 24.6 Å². The summed E-state index contributed by atoms with van der Waals surface area (Å²) in [5.74, 6) is 1.05. The van der Waals surface area contributed by atoms with Crippen LogP contribution in [0.25, 0.3) is 0 Å². The maximum Gasteiger partial charge on any atom is 0.230 e. The van der Waals surface area contributed by atoms with Gasteiger partial charge < -0.3 is 10.6 Å². The van der Waals surface area contributed by atoms with Gasteiger partial charge in [0.1, 0.15) is 5.82 Å². The van der Waals surface area contributed by atoms with Crippen molar-refractivity contribution in [3.8, 4) is 0 Å². The molecule has 0 aliphatic carbocycles. The van der Waals surface area contributed by atoms with Crippen LogP contribution in [-0.4, -0.2) is 16.1 Å². The summed E-state index contributed by atoms with van der Waals surface area (Å²) in [5, 5.41) is 14.1. The Kier molecular flexibility index (Phi) is 4.75. The highest BCUT2D eigenvalue weighted by Gasteiger charge is 2.21. The molecule has 0 aliphatic rings. The molecule has 1 amide bonds. The lowest BCUT2D eigenvalue weighted by atomic mass is 9.96. The van der Waals surface area contributed by atoms with Crippen LogP contribution < -0.4 is 10.6 Å². The lowest BCUT2D eigenvalue weighted by Crippen LogP contribution is -2.28. The molecule has 0 spiro atoms. The van der Waals surface area contributed by atoms with Crippen molar-refractivity contribution in [1.29, 1.82) is 0 Å². The van der Waals surface area contributed by atoms with Gasteiger partial charge in [-0.25, -0.2) is 0 Å². The standard InChI is InChI=1S/C17H22N4O/c1-12-6-5-7-13(10-12)11-18-14-8-9-15(21-20-14)19-16(22)17(2,3)4/h5-10H,11H2,1-4H3,(H,18,20)(H,19,21,22). The van der Waals surface area contributed by atoms with Crippen molar-refractivity contribution in [1.82, 2.24) is 10.2 Å². The van der Waals surface area contributed by atoms with E-state index in [1.165, 1.54) is 11.1 Å². The number of aryl methyl sites for hydroxylation is 1. The molecule has 1 aromatic heterocycles. The summed E-state index contributed by atoms with van der Waals surface area (Å²) >= 11 is 0. The summed E-state index contributed by atoms with van der Waals surface area (Å²) in [6, 6.07) is 11.8. The van der Waals surface area contributed by atoms with Crippen molar-refractivity contribution in [3.63, 3.8) is 0 Å². The van der Waals surface area contributed by atoms with Gasteiger partial charge in [0.05, 0.1) is 0 Å². The zero-order valence-electron chi connectivity index (χ0n) is 13.5. The zero-order valence-corrected chi connectivity index (χ0v) is 13.5. The Labute approximate surface area is 131 Å². The number of nitrogens with one attached hydrogen (secondary N) is 2. The number of carbonyl (C=O) groups is 1. The molecule has 0 saturated carbocycles. The van der Waals surface area contributed by atoms with E-state index in [1.54, 1.807) is 12.1 Å². The van der Waals surface area contributed by atoms with Crippen molar-refractivity contribution in [2.24, 2.45) is 5.41 Å². The Morgan fingerprint density at radius 3 is 2.36 bits per heavy atom. The molecular weight excluding hydrogens is 276 g/mol. The van der Waals surface area contributed by atoms with E-state index < -0.39 is 5.41 Å². The summed E-state index contributed by atoms with van der Waals surface area (Å²) in [5.41, 5.74) is 1.96. The van der Waals surface area contributed by atoms with Crippen LogP contribution in [0.4, 0.5) is 11.6 Å². The van der Waals surface area contributed by atoms with E-state index in [4.69, 9.17) is 0 Å². The Morgan fingerprint density at radius 2 is 1.77 bits per heavy atom. The van der Waals surface area contributed by atoms with Crippen molar-refractivity contribution < 1.29 is 4.79 Å². The largest absolute Gasteiger partial charge is 0.365 e. The SMILES string of the molecule is Cc1cccc(CNc2ccc(NC(=O)C(C)(C)C)nn2)c1. The minimum Gasteiger partial charge on any atom is -0.365 e. The first-order chi connectivity index (χ1) is 10.3. The Hall–Kier alpha value is -2.43. The van der Waals surface area contributed by atoms with Crippen molar-refractivity contribution in [2.45, 2.75) is 34.2 Å². The van der Waals surface area contributed by atoms with Gasteiger partial charge >= 0.3 is 0 Å². The number of hydrogen-bond donors (Lipinski definition) is 2. The first-order valence-electron chi connectivity index (χ1n) is 7.29. The van der Waals surface area contributed by atoms with Gasteiger partial charge in [0, 0.05) is 12.0 Å². The predicted octanol–water partition coefficient (Wildman–Crippen LogP) is 3.38. The fraction of sp³-hybridized carbons (Fsp3) is 0.353. The van der Waals surface area contributed by atoms with Crippen LogP contribution >= 0.6 is 0 Å². The number of rotatable bonds is 4.